The lowest BCUT2D eigenvalue weighted by Gasteiger charge is -2.26. The van der Waals surface area contributed by atoms with Crippen LogP contribution in [0, 0.1) is 5.92 Å². The van der Waals surface area contributed by atoms with Gasteiger partial charge in [0.2, 0.25) is 0 Å². The summed E-state index contributed by atoms with van der Waals surface area (Å²) in [6.07, 6.45) is 6.80. The SMILES string of the molecule is c1cc2c(c(CNCC3CCC3)c1)NCCC2. The Labute approximate surface area is 104 Å². The van der Waals surface area contributed by atoms with Crippen LogP contribution in [0.3, 0.4) is 0 Å². The van der Waals surface area contributed by atoms with E-state index in [9.17, 15) is 0 Å². The highest BCUT2D eigenvalue weighted by Crippen LogP contribution is 2.27. The number of para-hydroxylation sites is 1. The summed E-state index contributed by atoms with van der Waals surface area (Å²) in [4.78, 5) is 0. The standard InChI is InChI=1S/C15H22N2/c1-4-12(5-1)10-16-11-14-7-2-6-13-8-3-9-17-15(13)14/h2,6-7,12,16-17H,1,3-5,8-11H2. The van der Waals surface area contributed by atoms with E-state index in [4.69, 9.17) is 0 Å². The number of fused-ring (bicyclic) bond motifs is 1. The fourth-order valence-corrected chi connectivity index (χ4v) is 2.84. The predicted molar refractivity (Wildman–Crippen MR) is 72.3 cm³/mol. The van der Waals surface area contributed by atoms with Gasteiger partial charge < -0.3 is 10.6 Å². The molecule has 2 N–H and O–H groups in total. The topological polar surface area (TPSA) is 24.1 Å². The Hall–Kier alpha value is -1.02. The molecule has 0 radical (unpaired) electrons. The molecule has 0 amide bonds. The minimum Gasteiger partial charge on any atom is -0.385 e. The monoisotopic (exact) mass is 230 g/mol. The summed E-state index contributed by atoms with van der Waals surface area (Å²) in [6.45, 7) is 3.35. The van der Waals surface area contributed by atoms with Crippen molar-refractivity contribution in [3.63, 3.8) is 0 Å². The van der Waals surface area contributed by atoms with Crippen molar-refractivity contribution in [1.82, 2.24) is 5.32 Å². The molecular weight excluding hydrogens is 208 g/mol. The van der Waals surface area contributed by atoms with Crippen molar-refractivity contribution in [1.29, 1.82) is 0 Å². The first-order valence-electron chi connectivity index (χ1n) is 6.99. The van der Waals surface area contributed by atoms with Crippen LogP contribution in [0.1, 0.15) is 36.8 Å². The third kappa shape index (κ3) is 2.47. The average Bonchev–Trinajstić information content (AvgIpc) is 2.32. The first-order valence-corrected chi connectivity index (χ1v) is 6.99. The third-order valence-electron chi connectivity index (χ3n) is 4.13. The lowest BCUT2D eigenvalue weighted by atomic mass is 9.85. The maximum atomic E-state index is 3.61. The maximum absolute atomic E-state index is 3.61. The molecule has 17 heavy (non-hydrogen) atoms. The Balaban J connectivity index is 1.61. The number of rotatable bonds is 4. The highest BCUT2D eigenvalue weighted by atomic mass is 14.9. The first-order chi connectivity index (χ1) is 8.43. The number of hydrogen-bond acceptors (Lipinski definition) is 2. The number of aryl methyl sites for hydroxylation is 1. The number of nitrogens with one attached hydrogen (secondary N) is 2. The van der Waals surface area contributed by atoms with Gasteiger partial charge in [-0.1, -0.05) is 24.6 Å². The van der Waals surface area contributed by atoms with Crippen LogP contribution < -0.4 is 10.6 Å². The van der Waals surface area contributed by atoms with Gasteiger partial charge in [0.15, 0.2) is 0 Å². The van der Waals surface area contributed by atoms with Crippen LogP contribution in [0.15, 0.2) is 18.2 Å². The molecule has 1 aliphatic carbocycles. The van der Waals surface area contributed by atoms with Crippen LogP contribution in [0.4, 0.5) is 5.69 Å². The van der Waals surface area contributed by atoms with Crippen LogP contribution >= 0.6 is 0 Å². The van der Waals surface area contributed by atoms with Crippen molar-refractivity contribution in [3.05, 3.63) is 29.3 Å². The summed E-state index contributed by atoms with van der Waals surface area (Å²) in [5, 5.41) is 7.17. The lowest BCUT2D eigenvalue weighted by molar-refractivity contribution is 0.301. The van der Waals surface area contributed by atoms with Gasteiger partial charge in [-0.3, -0.25) is 0 Å². The summed E-state index contributed by atoms with van der Waals surface area (Å²) >= 11 is 0. The molecule has 0 spiro atoms. The molecule has 1 heterocycles. The van der Waals surface area contributed by atoms with E-state index in [-0.39, 0.29) is 0 Å². The molecule has 1 aliphatic heterocycles. The van der Waals surface area contributed by atoms with E-state index in [1.165, 1.54) is 55.5 Å². The summed E-state index contributed by atoms with van der Waals surface area (Å²) in [7, 11) is 0. The Bertz CT molecular complexity index is 383. The molecule has 0 unspecified atom stereocenters. The molecule has 0 aromatic heterocycles. The molecule has 1 aromatic rings. The van der Waals surface area contributed by atoms with Crippen LogP contribution in [0.25, 0.3) is 0 Å². The van der Waals surface area contributed by atoms with Crippen molar-refractivity contribution in [2.75, 3.05) is 18.4 Å². The van der Waals surface area contributed by atoms with Crippen LogP contribution in [-0.4, -0.2) is 13.1 Å². The Morgan fingerprint density at radius 3 is 3.00 bits per heavy atom. The van der Waals surface area contributed by atoms with Crippen LogP contribution in [0.2, 0.25) is 0 Å². The zero-order valence-corrected chi connectivity index (χ0v) is 10.5. The fraction of sp³-hybridized carbons (Fsp3) is 0.600. The molecule has 2 heteroatoms. The molecule has 1 saturated carbocycles. The molecule has 0 saturated heterocycles. The number of anilines is 1. The smallest absolute Gasteiger partial charge is 0.0418 e. The maximum Gasteiger partial charge on any atom is 0.0418 e. The second-order valence-electron chi connectivity index (χ2n) is 5.41. The highest BCUT2D eigenvalue weighted by Gasteiger charge is 2.17. The van der Waals surface area contributed by atoms with Gasteiger partial charge in [0, 0.05) is 18.8 Å². The summed E-state index contributed by atoms with van der Waals surface area (Å²) in [6, 6.07) is 6.72. The number of benzene rings is 1. The second-order valence-corrected chi connectivity index (χ2v) is 5.41. The molecular formula is C15H22N2. The van der Waals surface area contributed by atoms with E-state index in [2.05, 4.69) is 28.8 Å². The van der Waals surface area contributed by atoms with Crippen molar-refractivity contribution >= 4 is 5.69 Å². The fourth-order valence-electron chi connectivity index (χ4n) is 2.84. The van der Waals surface area contributed by atoms with Gasteiger partial charge in [-0.15, -0.1) is 0 Å². The molecule has 1 fully saturated rings. The van der Waals surface area contributed by atoms with Crippen molar-refractivity contribution in [3.8, 4) is 0 Å². The average molecular weight is 230 g/mol. The van der Waals surface area contributed by atoms with Gasteiger partial charge in [-0.25, -0.2) is 0 Å². The predicted octanol–water partition coefficient (Wildman–Crippen LogP) is 2.93. The van der Waals surface area contributed by atoms with Gasteiger partial charge in [-0.2, -0.15) is 0 Å². The molecule has 92 valence electrons. The second kappa shape index (κ2) is 5.09. The van der Waals surface area contributed by atoms with E-state index < -0.39 is 0 Å². The van der Waals surface area contributed by atoms with E-state index in [1.807, 2.05) is 0 Å². The minimum atomic E-state index is 0.947. The van der Waals surface area contributed by atoms with Crippen molar-refractivity contribution in [2.45, 2.75) is 38.6 Å². The van der Waals surface area contributed by atoms with Gasteiger partial charge in [-0.05, 0) is 49.3 Å². The van der Waals surface area contributed by atoms with Gasteiger partial charge in [0.25, 0.3) is 0 Å². The Morgan fingerprint density at radius 1 is 1.24 bits per heavy atom. The molecule has 2 aliphatic rings. The Kier molecular flexibility index (Phi) is 3.32. The van der Waals surface area contributed by atoms with E-state index in [0.717, 1.165) is 19.0 Å². The Morgan fingerprint density at radius 2 is 2.18 bits per heavy atom. The lowest BCUT2D eigenvalue weighted by Crippen LogP contribution is -2.27. The molecule has 3 rings (SSSR count). The summed E-state index contributed by atoms with van der Waals surface area (Å²) in [5.41, 5.74) is 4.35. The normalized spacial score (nSPS) is 19.3. The van der Waals surface area contributed by atoms with Gasteiger partial charge in [0.05, 0.1) is 0 Å². The summed E-state index contributed by atoms with van der Waals surface area (Å²) in [5.74, 6) is 0.947. The van der Waals surface area contributed by atoms with Crippen molar-refractivity contribution < 1.29 is 0 Å². The molecule has 0 bridgehead atoms. The molecule has 1 aromatic carbocycles. The quantitative estimate of drug-likeness (QED) is 0.831. The van der Waals surface area contributed by atoms with E-state index in [1.54, 1.807) is 0 Å². The summed E-state index contributed by atoms with van der Waals surface area (Å²) < 4.78 is 0. The van der Waals surface area contributed by atoms with Crippen LogP contribution in [-0.2, 0) is 13.0 Å². The van der Waals surface area contributed by atoms with Gasteiger partial charge in [0.1, 0.15) is 0 Å². The minimum absolute atomic E-state index is 0.947. The first kappa shape index (κ1) is 11.1. The number of hydrogen-bond donors (Lipinski definition) is 2. The largest absolute Gasteiger partial charge is 0.385 e. The van der Waals surface area contributed by atoms with Crippen LogP contribution in [0.5, 0.6) is 0 Å². The van der Waals surface area contributed by atoms with E-state index in [0.29, 0.717) is 0 Å². The highest BCUT2D eigenvalue weighted by molar-refractivity contribution is 5.59. The molecule has 0 atom stereocenters. The van der Waals surface area contributed by atoms with E-state index >= 15 is 0 Å². The zero-order chi connectivity index (χ0) is 11.5. The van der Waals surface area contributed by atoms with Crippen molar-refractivity contribution in [2.24, 2.45) is 5.92 Å². The van der Waals surface area contributed by atoms with Gasteiger partial charge >= 0.3 is 0 Å². The third-order valence-corrected chi connectivity index (χ3v) is 4.13. The molecule has 2 nitrogen and oxygen atoms in total. The zero-order valence-electron chi connectivity index (χ0n) is 10.5.